The van der Waals surface area contributed by atoms with Crippen LogP contribution in [0, 0.1) is 0 Å². The molecule has 0 bridgehead atoms. The standard InChI is InChI=1S/C19H27N3O3/c1-2-25-19(24)21-12-9-16(10-13-21)20-14-18(23)22-11-5-7-15-6-3-4-8-17(15)22/h3-4,6,8,16,20H,2,5,7,9-14H2,1H3. The Bertz CT molecular complexity index is 612. The maximum absolute atomic E-state index is 12.6. The van der Waals surface area contributed by atoms with Crippen molar-refractivity contribution in [3.8, 4) is 0 Å². The molecule has 1 fully saturated rings. The third kappa shape index (κ3) is 4.31. The Kier molecular flexibility index (Phi) is 5.91. The van der Waals surface area contributed by atoms with E-state index >= 15 is 0 Å². The highest BCUT2D eigenvalue weighted by atomic mass is 16.6. The van der Waals surface area contributed by atoms with Crippen LogP contribution in [0.2, 0.25) is 0 Å². The van der Waals surface area contributed by atoms with E-state index in [-0.39, 0.29) is 18.0 Å². The first-order valence-corrected chi connectivity index (χ1v) is 9.22. The summed E-state index contributed by atoms with van der Waals surface area (Å²) < 4.78 is 5.03. The molecule has 2 amide bonds. The van der Waals surface area contributed by atoms with Gasteiger partial charge in [-0.1, -0.05) is 18.2 Å². The van der Waals surface area contributed by atoms with E-state index in [0.29, 0.717) is 26.2 Å². The van der Waals surface area contributed by atoms with E-state index in [9.17, 15) is 9.59 Å². The first-order valence-electron chi connectivity index (χ1n) is 9.22. The van der Waals surface area contributed by atoms with Crippen LogP contribution in [0.15, 0.2) is 24.3 Å². The molecule has 0 radical (unpaired) electrons. The minimum absolute atomic E-state index is 0.125. The lowest BCUT2D eigenvalue weighted by Crippen LogP contribution is -2.48. The Hall–Kier alpha value is -2.08. The molecule has 136 valence electrons. The maximum atomic E-state index is 12.6. The van der Waals surface area contributed by atoms with E-state index in [4.69, 9.17) is 4.74 Å². The first-order chi connectivity index (χ1) is 12.2. The number of hydrogen-bond donors (Lipinski definition) is 1. The van der Waals surface area contributed by atoms with Crippen molar-refractivity contribution in [1.29, 1.82) is 0 Å². The zero-order valence-electron chi connectivity index (χ0n) is 14.9. The normalized spacial score (nSPS) is 18.0. The van der Waals surface area contributed by atoms with Gasteiger partial charge in [-0.3, -0.25) is 4.79 Å². The van der Waals surface area contributed by atoms with Gasteiger partial charge in [0.05, 0.1) is 13.2 Å². The van der Waals surface area contributed by atoms with Gasteiger partial charge in [-0.2, -0.15) is 0 Å². The first kappa shape index (κ1) is 17.7. The second kappa shape index (κ2) is 8.34. The number of aryl methyl sites for hydroxylation is 1. The number of ether oxygens (including phenoxy) is 1. The number of piperidine rings is 1. The van der Waals surface area contributed by atoms with E-state index in [1.807, 2.05) is 30.0 Å². The van der Waals surface area contributed by atoms with Crippen molar-refractivity contribution in [2.75, 3.05) is 37.7 Å². The zero-order chi connectivity index (χ0) is 17.6. The van der Waals surface area contributed by atoms with Gasteiger partial charge in [0.1, 0.15) is 0 Å². The van der Waals surface area contributed by atoms with Crippen LogP contribution in [0.3, 0.4) is 0 Å². The summed E-state index contributed by atoms with van der Waals surface area (Å²) in [5, 5.41) is 3.37. The van der Waals surface area contributed by atoms with Crippen LogP contribution in [-0.2, 0) is 16.0 Å². The van der Waals surface area contributed by atoms with Crippen molar-refractivity contribution in [3.05, 3.63) is 29.8 Å². The Morgan fingerprint density at radius 1 is 1.20 bits per heavy atom. The third-order valence-electron chi connectivity index (χ3n) is 4.97. The summed E-state index contributed by atoms with van der Waals surface area (Å²) in [6.07, 6.45) is 3.52. The summed E-state index contributed by atoms with van der Waals surface area (Å²) in [7, 11) is 0. The van der Waals surface area contributed by atoms with Crippen LogP contribution in [0.5, 0.6) is 0 Å². The number of carbonyl (C=O) groups is 2. The van der Waals surface area contributed by atoms with E-state index in [0.717, 1.165) is 37.9 Å². The van der Waals surface area contributed by atoms with Gasteiger partial charge in [0, 0.05) is 31.4 Å². The predicted molar refractivity (Wildman–Crippen MR) is 96.7 cm³/mol. The number of rotatable bonds is 4. The van der Waals surface area contributed by atoms with Crippen molar-refractivity contribution in [3.63, 3.8) is 0 Å². The minimum Gasteiger partial charge on any atom is -0.450 e. The fraction of sp³-hybridized carbons (Fsp3) is 0.579. The van der Waals surface area contributed by atoms with Gasteiger partial charge in [-0.25, -0.2) is 4.79 Å². The van der Waals surface area contributed by atoms with Gasteiger partial charge in [0.25, 0.3) is 0 Å². The van der Waals surface area contributed by atoms with Gasteiger partial charge in [0.15, 0.2) is 0 Å². The number of nitrogens with one attached hydrogen (secondary N) is 1. The minimum atomic E-state index is -0.234. The third-order valence-corrected chi connectivity index (χ3v) is 4.97. The fourth-order valence-corrected chi connectivity index (χ4v) is 3.60. The number of nitrogens with zero attached hydrogens (tertiary/aromatic N) is 2. The molecule has 1 N–H and O–H groups in total. The molecule has 2 aliphatic heterocycles. The molecule has 0 aliphatic carbocycles. The maximum Gasteiger partial charge on any atom is 0.409 e. The molecule has 6 nitrogen and oxygen atoms in total. The molecule has 0 saturated carbocycles. The number of carbonyl (C=O) groups excluding carboxylic acids is 2. The van der Waals surface area contributed by atoms with Gasteiger partial charge >= 0.3 is 6.09 Å². The van der Waals surface area contributed by atoms with Crippen LogP contribution in [0.25, 0.3) is 0 Å². The molecule has 0 spiro atoms. The SMILES string of the molecule is CCOC(=O)N1CCC(NCC(=O)N2CCCc3ccccc32)CC1. The van der Waals surface area contributed by atoms with E-state index in [1.165, 1.54) is 5.56 Å². The van der Waals surface area contributed by atoms with E-state index < -0.39 is 0 Å². The number of fused-ring (bicyclic) bond motifs is 1. The number of likely N-dealkylation sites (tertiary alicyclic amines) is 1. The quantitative estimate of drug-likeness (QED) is 0.908. The molecule has 6 heteroatoms. The lowest BCUT2D eigenvalue weighted by Gasteiger charge is -2.33. The molecule has 2 heterocycles. The Labute approximate surface area is 149 Å². The monoisotopic (exact) mass is 345 g/mol. The van der Waals surface area contributed by atoms with Crippen molar-refractivity contribution < 1.29 is 14.3 Å². The van der Waals surface area contributed by atoms with Crippen molar-refractivity contribution >= 4 is 17.7 Å². The Balaban J connectivity index is 1.47. The molecule has 1 aromatic rings. The van der Waals surface area contributed by atoms with Crippen LogP contribution >= 0.6 is 0 Å². The molecule has 1 aromatic carbocycles. The Morgan fingerprint density at radius 3 is 2.72 bits per heavy atom. The topological polar surface area (TPSA) is 61.9 Å². The molecule has 0 aromatic heterocycles. The summed E-state index contributed by atoms with van der Waals surface area (Å²) in [4.78, 5) is 28.0. The molecular formula is C19H27N3O3. The van der Waals surface area contributed by atoms with Crippen LogP contribution in [0.1, 0.15) is 31.7 Å². The average Bonchev–Trinajstić information content (AvgIpc) is 2.66. The second-order valence-electron chi connectivity index (χ2n) is 6.62. The highest BCUT2D eigenvalue weighted by molar-refractivity contribution is 5.95. The lowest BCUT2D eigenvalue weighted by atomic mass is 10.0. The fourth-order valence-electron chi connectivity index (χ4n) is 3.60. The smallest absolute Gasteiger partial charge is 0.409 e. The second-order valence-corrected chi connectivity index (χ2v) is 6.62. The number of anilines is 1. The molecule has 0 unspecified atom stereocenters. The van der Waals surface area contributed by atoms with E-state index in [1.54, 1.807) is 4.90 Å². The average molecular weight is 345 g/mol. The molecule has 25 heavy (non-hydrogen) atoms. The summed E-state index contributed by atoms with van der Waals surface area (Å²) in [5.74, 6) is 0.125. The summed E-state index contributed by atoms with van der Waals surface area (Å²) in [6.45, 7) is 4.71. The van der Waals surface area contributed by atoms with Crippen LogP contribution in [-0.4, -0.2) is 55.7 Å². The van der Waals surface area contributed by atoms with Crippen LogP contribution < -0.4 is 10.2 Å². The molecule has 2 aliphatic rings. The van der Waals surface area contributed by atoms with Gasteiger partial charge < -0.3 is 19.9 Å². The lowest BCUT2D eigenvalue weighted by molar-refractivity contribution is -0.118. The largest absolute Gasteiger partial charge is 0.450 e. The molecule has 3 rings (SSSR count). The van der Waals surface area contributed by atoms with Gasteiger partial charge in [-0.15, -0.1) is 0 Å². The molecule has 1 saturated heterocycles. The molecule has 0 atom stereocenters. The van der Waals surface area contributed by atoms with Crippen molar-refractivity contribution in [2.45, 2.75) is 38.6 Å². The highest BCUT2D eigenvalue weighted by Gasteiger charge is 2.26. The summed E-state index contributed by atoms with van der Waals surface area (Å²) >= 11 is 0. The summed E-state index contributed by atoms with van der Waals surface area (Å²) in [6, 6.07) is 8.43. The van der Waals surface area contributed by atoms with E-state index in [2.05, 4.69) is 11.4 Å². The van der Waals surface area contributed by atoms with Crippen molar-refractivity contribution in [1.82, 2.24) is 10.2 Å². The van der Waals surface area contributed by atoms with Crippen molar-refractivity contribution in [2.24, 2.45) is 0 Å². The van der Waals surface area contributed by atoms with Crippen LogP contribution in [0.4, 0.5) is 10.5 Å². The molecular weight excluding hydrogens is 318 g/mol. The number of amides is 2. The Morgan fingerprint density at radius 2 is 1.96 bits per heavy atom. The van der Waals surface area contributed by atoms with Gasteiger partial charge in [-0.05, 0) is 44.2 Å². The highest BCUT2D eigenvalue weighted by Crippen LogP contribution is 2.26. The number of para-hydroxylation sites is 1. The number of benzene rings is 1. The predicted octanol–water partition coefficient (Wildman–Crippen LogP) is 2.18. The van der Waals surface area contributed by atoms with Gasteiger partial charge in [0.2, 0.25) is 5.91 Å². The zero-order valence-corrected chi connectivity index (χ0v) is 14.9. The summed E-state index contributed by atoms with van der Waals surface area (Å²) in [5.41, 5.74) is 2.31. The number of hydrogen-bond acceptors (Lipinski definition) is 4.